The zero-order chi connectivity index (χ0) is 20.7. The lowest BCUT2D eigenvalue weighted by molar-refractivity contribution is -0.132. The smallest absolute Gasteiger partial charge is 0.325 e. The fraction of sp³-hybridized carbons (Fsp3) is 0.250. The number of aromatic nitrogens is 3. The number of urea groups is 1. The summed E-state index contributed by atoms with van der Waals surface area (Å²) in [5.41, 5.74) is 6.54. The van der Waals surface area contributed by atoms with Crippen molar-refractivity contribution in [3.05, 3.63) is 58.0 Å². The van der Waals surface area contributed by atoms with Gasteiger partial charge in [-0.15, -0.1) is 11.3 Å². The number of hydrogen-bond donors (Lipinski definition) is 3. The zero-order valence-electron chi connectivity index (χ0n) is 16.0. The third-order valence-electron chi connectivity index (χ3n) is 5.37. The maximum absolute atomic E-state index is 13.3. The van der Waals surface area contributed by atoms with Crippen LogP contribution in [0.25, 0.3) is 0 Å². The molecule has 0 unspecified atom stereocenters. The minimum Gasteiger partial charge on any atom is -0.368 e. The van der Waals surface area contributed by atoms with Gasteiger partial charge in [-0.3, -0.25) is 9.69 Å². The molecule has 10 heteroatoms. The number of carbonyl (C=O) groups excluding carboxylic acids is 2. The Balaban J connectivity index is 1.41. The van der Waals surface area contributed by atoms with Crippen molar-refractivity contribution >= 4 is 40.9 Å². The molecule has 0 saturated carbocycles. The Kier molecular flexibility index (Phi) is 4.35. The van der Waals surface area contributed by atoms with Crippen LogP contribution in [-0.2, 0) is 23.3 Å². The highest BCUT2D eigenvalue weighted by atomic mass is 32.1. The van der Waals surface area contributed by atoms with E-state index >= 15 is 0 Å². The summed E-state index contributed by atoms with van der Waals surface area (Å²) in [5.74, 6) is 0.229. The number of imide groups is 1. The SMILES string of the molecule is Nc1nc(CN2C(=O)N[C@@]3(CCCc4sccc43)C2=O)nc(Nc2ccccc2)n1. The van der Waals surface area contributed by atoms with Crippen molar-refractivity contribution in [2.24, 2.45) is 0 Å². The average molecular weight is 421 g/mol. The van der Waals surface area contributed by atoms with Gasteiger partial charge in [-0.1, -0.05) is 18.2 Å². The van der Waals surface area contributed by atoms with Crippen molar-refractivity contribution in [1.82, 2.24) is 25.2 Å². The van der Waals surface area contributed by atoms with E-state index in [1.165, 1.54) is 0 Å². The standard InChI is InChI=1S/C20H19N7O2S/c21-17-23-15(24-18(25-17)22-12-5-2-1-3-6-12)11-27-16(28)20(26-19(27)29)9-4-7-14-13(20)8-10-30-14/h1-3,5-6,8,10H,4,7,9,11H2,(H,26,29)(H3,21,22,23,24,25)/t20-/m1/s1. The van der Waals surface area contributed by atoms with Gasteiger partial charge in [0.1, 0.15) is 5.54 Å². The first-order chi connectivity index (χ1) is 14.5. The number of thiophene rings is 1. The van der Waals surface area contributed by atoms with Gasteiger partial charge in [0.25, 0.3) is 5.91 Å². The molecule has 1 aliphatic carbocycles. The third kappa shape index (κ3) is 3.05. The number of anilines is 3. The van der Waals surface area contributed by atoms with E-state index in [0.717, 1.165) is 33.9 Å². The van der Waals surface area contributed by atoms with Crippen LogP contribution >= 0.6 is 11.3 Å². The van der Waals surface area contributed by atoms with Gasteiger partial charge in [0.05, 0.1) is 6.54 Å². The minimum absolute atomic E-state index is 0.0120. The summed E-state index contributed by atoms with van der Waals surface area (Å²) >= 11 is 1.62. The van der Waals surface area contributed by atoms with Crippen LogP contribution in [0.5, 0.6) is 0 Å². The molecule has 1 fully saturated rings. The summed E-state index contributed by atoms with van der Waals surface area (Å²) in [6.45, 7) is -0.0813. The fourth-order valence-electron chi connectivity index (χ4n) is 4.04. The zero-order valence-corrected chi connectivity index (χ0v) is 16.8. The van der Waals surface area contributed by atoms with Gasteiger partial charge >= 0.3 is 6.03 Å². The number of aryl methyl sites for hydroxylation is 1. The second kappa shape index (κ2) is 7.06. The van der Waals surface area contributed by atoms with Gasteiger partial charge < -0.3 is 16.4 Å². The maximum Gasteiger partial charge on any atom is 0.325 e. The van der Waals surface area contributed by atoms with E-state index in [0.29, 0.717) is 6.42 Å². The number of amides is 3. The minimum atomic E-state index is -0.992. The van der Waals surface area contributed by atoms with Crippen molar-refractivity contribution in [1.29, 1.82) is 0 Å². The molecule has 3 aromatic rings. The van der Waals surface area contributed by atoms with E-state index < -0.39 is 11.6 Å². The Bertz CT molecular complexity index is 1130. The topological polar surface area (TPSA) is 126 Å². The number of carbonyl (C=O) groups is 2. The molecule has 3 amide bonds. The third-order valence-corrected chi connectivity index (χ3v) is 6.35. The highest BCUT2D eigenvalue weighted by Crippen LogP contribution is 2.42. The summed E-state index contributed by atoms with van der Waals surface area (Å²) in [4.78, 5) is 40.9. The molecule has 1 spiro atoms. The molecule has 3 heterocycles. The summed E-state index contributed by atoms with van der Waals surface area (Å²) in [7, 11) is 0. The van der Waals surface area contributed by atoms with Crippen molar-refractivity contribution in [3.8, 4) is 0 Å². The Morgan fingerprint density at radius 3 is 2.83 bits per heavy atom. The second-order valence-electron chi connectivity index (χ2n) is 7.26. The monoisotopic (exact) mass is 421 g/mol. The predicted octanol–water partition coefficient (Wildman–Crippen LogP) is 2.54. The van der Waals surface area contributed by atoms with Crippen molar-refractivity contribution < 1.29 is 9.59 Å². The van der Waals surface area contributed by atoms with Gasteiger partial charge in [-0.05, 0) is 42.8 Å². The van der Waals surface area contributed by atoms with Crippen LogP contribution in [0.3, 0.4) is 0 Å². The maximum atomic E-state index is 13.3. The largest absolute Gasteiger partial charge is 0.368 e. The molecule has 2 aromatic heterocycles. The van der Waals surface area contributed by atoms with Crippen molar-refractivity contribution in [2.75, 3.05) is 11.1 Å². The molecule has 1 atom stereocenters. The molecule has 0 bridgehead atoms. The Morgan fingerprint density at radius 1 is 1.17 bits per heavy atom. The highest BCUT2D eigenvalue weighted by molar-refractivity contribution is 7.10. The van der Waals surface area contributed by atoms with E-state index in [4.69, 9.17) is 5.73 Å². The summed E-state index contributed by atoms with van der Waals surface area (Å²) in [6, 6.07) is 10.9. The molecule has 30 heavy (non-hydrogen) atoms. The number of nitrogens with two attached hydrogens (primary N) is 1. The van der Waals surface area contributed by atoms with E-state index in [1.807, 2.05) is 41.8 Å². The van der Waals surface area contributed by atoms with Crippen LogP contribution in [-0.4, -0.2) is 31.8 Å². The van der Waals surface area contributed by atoms with Crippen molar-refractivity contribution in [2.45, 2.75) is 31.3 Å². The number of hydrogen-bond acceptors (Lipinski definition) is 8. The molecule has 1 aliphatic heterocycles. The number of nitrogens with one attached hydrogen (secondary N) is 2. The van der Waals surface area contributed by atoms with Crippen LogP contribution in [0.15, 0.2) is 41.8 Å². The predicted molar refractivity (Wildman–Crippen MR) is 112 cm³/mol. The lowest BCUT2D eigenvalue weighted by Crippen LogP contribution is -2.46. The fourth-order valence-corrected chi connectivity index (χ4v) is 5.04. The molecule has 2 aliphatic rings. The normalized spacial score (nSPS) is 20.3. The lowest BCUT2D eigenvalue weighted by Gasteiger charge is -2.31. The molecular formula is C20H19N7O2S. The van der Waals surface area contributed by atoms with Crippen LogP contribution in [0, 0.1) is 0 Å². The van der Waals surface area contributed by atoms with E-state index in [2.05, 4.69) is 25.6 Å². The van der Waals surface area contributed by atoms with Crippen LogP contribution < -0.4 is 16.4 Å². The molecule has 0 radical (unpaired) electrons. The van der Waals surface area contributed by atoms with Gasteiger partial charge in [0.2, 0.25) is 11.9 Å². The summed E-state index contributed by atoms with van der Waals surface area (Å²) < 4.78 is 0. The van der Waals surface area contributed by atoms with Crippen LogP contribution in [0.4, 0.5) is 22.4 Å². The molecule has 9 nitrogen and oxygen atoms in total. The Labute approximate surface area is 176 Å². The summed E-state index contributed by atoms with van der Waals surface area (Å²) in [6.07, 6.45) is 2.35. The first-order valence-corrected chi connectivity index (χ1v) is 10.5. The number of benzene rings is 1. The number of nitrogens with zero attached hydrogens (tertiary/aromatic N) is 4. The molecule has 1 saturated heterocycles. The number of para-hydroxylation sites is 1. The van der Waals surface area contributed by atoms with Crippen LogP contribution in [0.2, 0.25) is 0 Å². The van der Waals surface area contributed by atoms with E-state index in [1.54, 1.807) is 11.3 Å². The number of rotatable bonds is 4. The molecule has 1 aromatic carbocycles. The first-order valence-electron chi connectivity index (χ1n) is 9.59. The molecule has 152 valence electrons. The molecule has 4 N–H and O–H groups in total. The Hall–Kier alpha value is -3.53. The van der Waals surface area contributed by atoms with E-state index in [9.17, 15) is 9.59 Å². The molecule has 5 rings (SSSR count). The van der Waals surface area contributed by atoms with Gasteiger partial charge in [0, 0.05) is 16.1 Å². The number of fused-ring (bicyclic) bond motifs is 2. The van der Waals surface area contributed by atoms with Crippen molar-refractivity contribution in [3.63, 3.8) is 0 Å². The quantitative estimate of drug-likeness (QED) is 0.553. The van der Waals surface area contributed by atoms with Gasteiger partial charge in [-0.2, -0.15) is 15.0 Å². The number of nitrogen functional groups attached to an aromatic ring is 1. The average Bonchev–Trinajstić information content (AvgIpc) is 3.29. The molecular weight excluding hydrogens is 402 g/mol. The first kappa shape index (κ1) is 18.5. The Morgan fingerprint density at radius 2 is 2.00 bits per heavy atom. The summed E-state index contributed by atoms with van der Waals surface area (Å²) in [5, 5.41) is 7.95. The second-order valence-corrected chi connectivity index (χ2v) is 8.26. The highest BCUT2D eigenvalue weighted by Gasteiger charge is 2.54. The lowest BCUT2D eigenvalue weighted by atomic mass is 9.80. The van der Waals surface area contributed by atoms with Crippen LogP contribution in [0.1, 0.15) is 29.1 Å². The van der Waals surface area contributed by atoms with E-state index in [-0.39, 0.29) is 30.2 Å². The van der Waals surface area contributed by atoms with Gasteiger partial charge in [0.15, 0.2) is 5.82 Å². The van der Waals surface area contributed by atoms with Gasteiger partial charge in [-0.25, -0.2) is 4.79 Å².